The van der Waals surface area contributed by atoms with Gasteiger partial charge < -0.3 is 9.69 Å². The van der Waals surface area contributed by atoms with Gasteiger partial charge in [0.05, 0.1) is 5.75 Å². The van der Waals surface area contributed by atoms with Crippen molar-refractivity contribution in [2.45, 2.75) is 0 Å². The van der Waals surface area contributed by atoms with Crippen molar-refractivity contribution < 1.29 is 4.79 Å². The molecule has 4 heteroatoms. The molecule has 0 N–H and O–H groups in total. The highest BCUT2D eigenvalue weighted by Crippen LogP contribution is 2.03. The third kappa shape index (κ3) is 4.42. The van der Waals surface area contributed by atoms with Gasteiger partial charge in [0.15, 0.2) is 0 Å². The van der Waals surface area contributed by atoms with Crippen molar-refractivity contribution in [3.63, 3.8) is 0 Å². The summed E-state index contributed by atoms with van der Waals surface area (Å²) < 4.78 is 0.752. The Hall–Kier alpha value is -0.0900. The second-order valence-corrected chi connectivity index (χ2v) is 3.29. The molecule has 0 unspecified atom stereocenters. The van der Waals surface area contributed by atoms with Crippen molar-refractivity contribution in [2.24, 2.45) is 0 Å². The van der Waals surface area contributed by atoms with E-state index in [1.807, 2.05) is 19.0 Å². The van der Waals surface area contributed by atoms with Crippen LogP contribution in [0, 0.1) is 0 Å². The maximum atomic E-state index is 9.83. The van der Waals surface area contributed by atoms with Gasteiger partial charge in [-0.25, -0.2) is 0 Å². The molecule has 0 aliphatic rings. The molecule has 0 aliphatic carbocycles. The summed E-state index contributed by atoms with van der Waals surface area (Å²) in [5, 5.41) is 0. The molecule has 2 nitrogen and oxygen atoms in total. The van der Waals surface area contributed by atoms with Crippen molar-refractivity contribution in [1.82, 2.24) is 4.90 Å². The van der Waals surface area contributed by atoms with Crippen LogP contribution in [0.2, 0.25) is 0 Å². The van der Waals surface area contributed by atoms with Crippen LogP contribution in [0.1, 0.15) is 0 Å². The predicted octanol–water partition coefficient (Wildman–Crippen LogP) is 0.765. The number of carbonyl (C=O) groups is 1. The molecule has 0 radical (unpaired) electrons. The molecule has 0 saturated carbocycles. The Morgan fingerprint density at radius 3 is 2.67 bits per heavy atom. The van der Waals surface area contributed by atoms with E-state index in [1.165, 1.54) is 11.8 Å². The van der Waals surface area contributed by atoms with Crippen molar-refractivity contribution in [3.8, 4) is 0 Å². The molecule has 0 fully saturated rings. The van der Waals surface area contributed by atoms with Crippen LogP contribution < -0.4 is 0 Å². The molecule has 0 aromatic heterocycles. The van der Waals surface area contributed by atoms with E-state index in [4.69, 9.17) is 12.2 Å². The summed E-state index contributed by atoms with van der Waals surface area (Å²) in [5.41, 5.74) is 0. The Labute approximate surface area is 64.6 Å². The van der Waals surface area contributed by atoms with E-state index in [0.717, 1.165) is 10.6 Å². The minimum Gasteiger partial charge on any atom is -0.364 e. The monoisotopic (exact) mass is 163 g/mol. The summed E-state index contributed by atoms with van der Waals surface area (Å²) in [6.07, 6.45) is 0.848. The largest absolute Gasteiger partial charge is 0.364 e. The van der Waals surface area contributed by atoms with Crippen LogP contribution in [0.4, 0.5) is 0 Å². The van der Waals surface area contributed by atoms with Gasteiger partial charge in [0.1, 0.15) is 10.6 Å². The number of thiocarbonyl (C=S) groups is 1. The van der Waals surface area contributed by atoms with Gasteiger partial charge in [-0.1, -0.05) is 24.0 Å². The zero-order valence-electron chi connectivity index (χ0n) is 5.46. The SMILES string of the molecule is CN(C)C(=S)SCC=O. The van der Waals surface area contributed by atoms with Gasteiger partial charge in [-0.05, 0) is 0 Å². The Morgan fingerprint density at radius 1 is 1.78 bits per heavy atom. The molecule has 0 heterocycles. The second kappa shape index (κ2) is 4.76. The molecule has 0 atom stereocenters. The second-order valence-electron chi connectivity index (χ2n) is 1.64. The summed E-state index contributed by atoms with van der Waals surface area (Å²) in [6, 6.07) is 0. The number of nitrogens with zero attached hydrogens (tertiary/aromatic N) is 1. The third-order valence-electron chi connectivity index (χ3n) is 0.640. The molecule has 0 spiro atoms. The van der Waals surface area contributed by atoms with Crippen LogP contribution in [0.15, 0.2) is 0 Å². The molecule has 0 aromatic carbocycles. The topological polar surface area (TPSA) is 20.3 Å². The fraction of sp³-hybridized carbons (Fsp3) is 0.600. The minimum atomic E-state index is 0.455. The van der Waals surface area contributed by atoms with Crippen molar-refractivity contribution in [3.05, 3.63) is 0 Å². The fourth-order valence-electron chi connectivity index (χ4n) is 0.234. The first-order chi connectivity index (χ1) is 4.18. The number of rotatable bonds is 2. The minimum absolute atomic E-state index is 0.455. The van der Waals surface area contributed by atoms with Crippen LogP contribution in [-0.2, 0) is 4.79 Å². The van der Waals surface area contributed by atoms with Crippen LogP contribution in [-0.4, -0.2) is 35.4 Å². The predicted molar refractivity (Wildman–Crippen MR) is 44.8 cm³/mol. The molecule has 0 saturated heterocycles. The average Bonchev–Trinajstić information content (AvgIpc) is 1.82. The van der Waals surface area contributed by atoms with E-state index in [1.54, 1.807) is 0 Å². The normalized spacial score (nSPS) is 8.67. The average molecular weight is 163 g/mol. The van der Waals surface area contributed by atoms with Gasteiger partial charge in [0.2, 0.25) is 0 Å². The van der Waals surface area contributed by atoms with Gasteiger partial charge in [0, 0.05) is 14.1 Å². The Morgan fingerprint density at radius 2 is 2.33 bits per heavy atom. The summed E-state index contributed by atoms with van der Waals surface area (Å²) >= 11 is 6.25. The lowest BCUT2D eigenvalue weighted by Crippen LogP contribution is -2.16. The smallest absolute Gasteiger partial charge is 0.136 e. The molecule has 0 aromatic rings. The lowest BCUT2D eigenvalue weighted by Gasteiger charge is -2.10. The van der Waals surface area contributed by atoms with E-state index in [9.17, 15) is 4.79 Å². The number of hydrogen-bond donors (Lipinski definition) is 0. The maximum absolute atomic E-state index is 9.83. The first kappa shape index (κ1) is 8.91. The first-order valence-corrected chi connectivity index (χ1v) is 3.85. The summed E-state index contributed by atoms with van der Waals surface area (Å²) in [4.78, 5) is 11.6. The van der Waals surface area contributed by atoms with Crippen LogP contribution in [0.3, 0.4) is 0 Å². The van der Waals surface area contributed by atoms with Gasteiger partial charge >= 0.3 is 0 Å². The van der Waals surface area contributed by atoms with Crippen molar-refractivity contribution in [2.75, 3.05) is 19.8 Å². The highest BCUT2D eigenvalue weighted by molar-refractivity contribution is 8.23. The van der Waals surface area contributed by atoms with E-state index >= 15 is 0 Å². The molecule has 0 rings (SSSR count). The number of aldehydes is 1. The van der Waals surface area contributed by atoms with Gasteiger partial charge in [-0.15, -0.1) is 0 Å². The van der Waals surface area contributed by atoms with Gasteiger partial charge in [-0.3, -0.25) is 0 Å². The standard InChI is InChI=1S/C5H9NOS2/c1-6(2)5(8)9-4-3-7/h3H,4H2,1-2H3. The Bertz CT molecular complexity index is 114. The summed E-state index contributed by atoms with van der Waals surface area (Å²) in [6.45, 7) is 0. The van der Waals surface area contributed by atoms with E-state index in [2.05, 4.69) is 0 Å². The molecule has 0 bridgehead atoms. The zero-order chi connectivity index (χ0) is 7.28. The zero-order valence-corrected chi connectivity index (χ0v) is 7.09. The third-order valence-corrected chi connectivity index (χ3v) is 2.27. The van der Waals surface area contributed by atoms with E-state index in [-0.39, 0.29) is 0 Å². The Kier molecular flexibility index (Phi) is 4.71. The van der Waals surface area contributed by atoms with Crippen LogP contribution >= 0.6 is 24.0 Å². The number of carbonyl (C=O) groups excluding carboxylic acids is 1. The number of thioether (sulfide) groups is 1. The lowest BCUT2D eigenvalue weighted by molar-refractivity contribution is -0.105. The van der Waals surface area contributed by atoms with E-state index < -0.39 is 0 Å². The first-order valence-electron chi connectivity index (χ1n) is 2.46. The highest BCUT2D eigenvalue weighted by atomic mass is 32.2. The molecular weight excluding hydrogens is 154 g/mol. The lowest BCUT2D eigenvalue weighted by atomic mass is 10.9. The van der Waals surface area contributed by atoms with Crippen molar-refractivity contribution in [1.29, 1.82) is 0 Å². The Balaban J connectivity index is 3.38. The molecule has 0 amide bonds. The van der Waals surface area contributed by atoms with Crippen molar-refractivity contribution >= 4 is 34.6 Å². The summed E-state index contributed by atoms with van der Waals surface area (Å²) in [7, 11) is 3.72. The molecule has 9 heavy (non-hydrogen) atoms. The van der Waals surface area contributed by atoms with Gasteiger partial charge in [-0.2, -0.15) is 0 Å². The molecule has 0 aliphatic heterocycles. The molecular formula is C5H9NOS2. The maximum Gasteiger partial charge on any atom is 0.136 e. The van der Waals surface area contributed by atoms with Crippen LogP contribution in [0.25, 0.3) is 0 Å². The number of hydrogen-bond acceptors (Lipinski definition) is 3. The van der Waals surface area contributed by atoms with Gasteiger partial charge in [0.25, 0.3) is 0 Å². The van der Waals surface area contributed by atoms with Crippen LogP contribution in [0.5, 0.6) is 0 Å². The highest BCUT2D eigenvalue weighted by Gasteiger charge is 1.96. The summed E-state index contributed by atoms with van der Waals surface area (Å²) in [5.74, 6) is 0.455. The fourth-order valence-corrected chi connectivity index (χ4v) is 0.907. The molecule has 52 valence electrons. The quantitative estimate of drug-likeness (QED) is 0.442. The van der Waals surface area contributed by atoms with E-state index in [0.29, 0.717) is 5.75 Å².